The Kier molecular flexibility index (Phi) is 4.62. The molecule has 0 aromatic carbocycles. The van der Waals surface area contributed by atoms with E-state index in [-0.39, 0.29) is 0 Å². The molecule has 0 spiro atoms. The summed E-state index contributed by atoms with van der Waals surface area (Å²) in [5.41, 5.74) is 6.80. The molecule has 1 aromatic heterocycles. The van der Waals surface area contributed by atoms with Crippen molar-refractivity contribution in [3.8, 4) is 0 Å². The largest absolute Gasteiger partial charge is 0.329 e. The highest BCUT2D eigenvalue weighted by atomic mass is 15.3. The van der Waals surface area contributed by atoms with Crippen molar-refractivity contribution < 1.29 is 0 Å². The van der Waals surface area contributed by atoms with Crippen LogP contribution in [0.2, 0.25) is 0 Å². The Morgan fingerprint density at radius 3 is 2.79 bits per heavy atom. The van der Waals surface area contributed by atoms with Gasteiger partial charge >= 0.3 is 0 Å². The second kappa shape index (κ2) is 5.78. The van der Waals surface area contributed by atoms with Crippen molar-refractivity contribution in [1.82, 2.24) is 14.7 Å². The maximum absolute atomic E-state index is 5.52. The van der Waals surface area contributed by atoms with Gasteiger partial charge in [0.05, 0.1) is 0 Å². The van der Waals surface area contributed by atoms with Gasteiger partial charge in [0.1, 0.15) is 0 Å². The molecule has 0 atom stereocenters. The first kappa shape index (κ1) is 11.2. The van der Waals surface area contributed by atoms with Gasteiger partial charge in [0.2, 0.25) is 0 Å². The smallest absolute Gasteiger partial charge is 0.0492 e. The number of nitrogens with zero attached hydrogens (tertiary/aromatic N) is 3. The minimum absolute atomic E-state index is 0.735. The molecule has 0 unspecified atom stereocenters. The first-order chi connectivity index (χ1) is 6.77. The molecule has 0 aliphatic rings. The zero-order valence-corrected chi connectivity index (χ0v) is 9.11. The van der Waals surface area contributed by atoms with Crippen LogP contribution in [-0.4, -0.2) is 40.9 Å². The second-order valence-corrected chi connectivity index (χ2v) is 3.42. The van der Waals surface area contributed by atoms with Crippen LogP contribution in [0.3, 0.4) is 0 Å². The molecule has 0 saturated carbocycles. The summed E-state index contributed by atoms with van der Waals surface area (Å²) in [6.45, 7) is 6.01. The third-order valence-electron chi connectivity index (χ3n) is 2.50. The lowest BCUT2D eigenvalue weighted by Gasteiger charge is -2.18. The molecule has 1 heterocycles. The number of nitrogens with two attached hydrogens (primary N) is 1. The van der Waals surface area contributed by atoms with Crippen molar-refractivity contribution in [3.63, 3.8) is 0 Å². The molecule has 1 aromatic rings. The molecule has 2 N–H and O–H groups in total. The standard InChI is InChI=1S/C10H20N4/c1-3-14(9-6-11)8-5-10-4-7-12-13(10)2/h4,7H,3,5-6,8-9,11H2,1-2H3. The number of aromatic nitrogens is 2. The second-order valence-electron chi connectivity index (χ2n) is 3.42. The lowest BCUT2D eigenvalue weighted by atomic mass is 10.3. The molecule has 0 aliphatic carbocycles. The van der Waals surface area contributed by atoms with E-state index in [2.05, 4.69) is 23.0 Å². The van der Waals surface area contributed by atoms with Gasteiger partial charge in [-0.2, -0.15) is 5.10 Å². The zero-order valence-electron chi connectivity index (χ0n) is 9.11. The monoisotopic (exact) mass is 196 g/mol. The van der Waals surface area contributed by atoms with E-state index in [0.29, 0.717) is 0 Å². The molecule has 1 rings (SSSR count). The first-order valence-electron chi connectivity index (χ1n) is 5.17. The van der Waals surface area contributed by atoms with E-state index < -0.39 is 0 Å². The molecule has 80 valence electrons. The van der Waals surface area contributed by atoms with Crippen LogP contribution >= 0.6 is 0 Å². The van der Waals surface area contributed by atoms with E-state index in [1.165, 1.54) is 5.69 Å². The lowest BCUT2D eigenvalue weighted by molar-refractivity contribution is 0.298. The minimum Gasteiger partial charge on any atom is -0.329 e. The van der Waals surface area contributed by atoms with E-state index in [0.717, 1.165) is 32.6 Å². The van der Waals surface area contributed by atoms with Gasteiger partial charge in [-0.05, 0) is 12.6 Å². The summed E-state index contributed by atoms with van der Waals surface area (Å²) in [7, 11) is 1.98. The summed E-state index contributed by atoms with van der Waals surface area (Å²) in [6, 6.07) is 2.07. The maximum atomic E-state index is 5.52. The summed E-state index contributed by atoms with van der Waals surface area (Å²) in [5.74, 6) is 0. The number of hydrogen-bond acceptors (Lipinski definition) is 3. The average Bonchev–Trinajstić information content (AvgIpc) is 2.59. The van der Waals surface area contributed by atoms with Crippen molar-refractivity contribution in [2.75, 3.05) is 26.2 Å². The van der Waals surface area contributed by atoms with Gasteiger partial charge in [-0.15, -0.1) is 0 Å². The van der Waals surface area contributed by atoms with Crippen LogP contribution < -0.4 is 5.73 Å². The van der Waals surface area contributed by atoms with E-state index in [1.54, 1.807) is 0 Å². The number of hydrogen-bond donors (Lipinski definition) is 1. The third kappa shape index (κ3) is 3.12. The quantitative estimate of drug-likeness (QED) is 0.709. The molecule has 0 saturated heterocycles. The Morgan fingerprint density at radius 2 is 2.29 bits per heavy atom. The molecule has 0 amide bonds. The van der Waals surface area contributed by atoms with Crippen LogP contribution in [-0.2, 0) is 13.5 Å². The van der Waals surface area contributed by atoms with Crippen LogP contribution in [0.25, 0.3) is 0 Å². The molecule has 0 radical (unpaired) electrons. The molecule has 4 heteroatoms. The maximum Gasteiger partial charge on any atom is 0.0492 e. The summed E-state index contributed by atoms with van der Waals surface area (Å²) < 4.78 is 1.93. The molecule has 0 bridgehead atoms. The Balaban J connectivity index is 2.35. The molecule has 0 aliphatic heterocycles. The van der Waals surface area contributed by atoms with Crippen molar-refractivity contribution in [2.45, 2.75) is 13.3 Å². The zero-order chi connectivity index (χ0) is 10.4. The van der Waals surface area contributed by atoms with E-state index in [4.69, 9.17) is 5.73 Å². The van der Waals surface area contributed by atoms with Crippen LogP contribution in [0.1, 0.15) is 12.6 Å². The molecule has 0 fully saturated rings. The van der Waals surface area contributed by atoms with Crippen molar-refractivity contribution in [1.29, 1.82) is 0 Å². The van der Waals surface area contributed by atoms with Crippen molar-refractivity contribution >= 4 is 0 Å². The fraction of sp³-hybridized carbons (Fsp3) is 0.700. The van der Waals surface area contributed by atoms with Gasteiger partial charge in [-0.3, -0.25) is 4.68 Å². The molecule has 14 heavy (non-hydrogen) atoms. The van der Waals surface area contributed by atoms with Gasteiger partial charge < -0.3 is 10.6 Å². The fourth-order valence-corrected chi connectivity index (χ4v) is 1.53. The van der Waals surface area contributed by atoms with E-state index >= 15 is 0 Å². The Labute approximate surface area is 85.7 Å². The normalized spacial score (nSPS) is 11.1. The summed E-state index contributed by atoms with van der Waals surface area (Å²) in [6.07, 6.45) is 2.89. The van der Waals surface area contributed by atoms with Gasteiger partial charge in [0.25, 0.3) is 0 Å². The van der Waals surface area contributed by atoms with Crippen molar-refractivity contribution in [2.24, 2.45) is 12.8 Å². The predicted molar refractivity (Wildman–Crippen MR) is 58.1 cm³/mol. The SMILES string of the molecule is CCN(CCN)CCc1ccnn1C. The van der Waals surface area contributed by atoms with Crippen LogP contribution in [0.5, 0.6) is 0 Å². The number of likely N-dealkylation sites (N-methyl/N-ethyl adjacent to an activating group) is 1. The minimum atomic E-state index is 0.735. The fourth-order valence-electron chi connectivity index (χ4n) is 1.53. The third-order valence-corrected chi connectivity index (χ3v) is 2.50. The highest BCUT2D eigenvalue weighted by Gasteiger charge is 2.03. The lowest BCUT2D eigenvalue weighted by Crippen LogP contribution is -2.31. The van der Waals surface area contributed by atoms with Gasteiger partial charge in [0, 0.05) is 45.0 Å². The van der Waals surface area contributed by atoms with E-state index in [1.807, 2.05) is 17.9 Å². The Hall–Kier alpha value is -0.870. The number of aryl methyl sites for hydroxylation is 1. The highest BCUT2D eigenvalue weighted by molar-refractivity contribution is 5.00. The van der Waals surface area contributed by atoms with Gasteiger partial charge in [0.15, 0.2) is 0 Å². The van der Waals surface area contributed by atoms with Crippen LogP contribution in [0, 0.1) is 0 Å². The van der Waals surface area contributed by atoms with Crippen LogP contribution in [0.15, 0.2) is 12.3 Å². The number of rotatable bonds is 6. The van der Waals surface area contributed by atoms with Crippen LogP contribution in [0.4, 0.5) is 0 Å². The van der Waals surface area contributed by atoms with Crippen molar-refractivity contribution in [3.05, 3.63) is 18.0 Å². The Morgan fingerprint density at radius 1 is 1.50 bits per heavy atom. The van der Waals surface area contributed by atoms with E-state index in [9.17, 15) is 0 Å². The molecular weight excluding hydrogens is 176 g/mol. The first-order valence-corrected chi connectivity index (χ1v) is 5.17. The topological polar surface area (TPSA) is 47.1 Å². The van der Waals surface area contributed by atoms with Gasteiger partial charge in [-0.25, -0.2) is 0 Å². The summed E-state index contributed by atoms with van der Waals surface area (Å²) in [4.78, 5) is 2.35. The molecule has 4 nitrogen and oxygen atoms in total. The molecular formula is C10H20N4. The highest BCUT2D eigenvalue weighted by Crippen LogP contribution is 1.99. The Bertz CT molecular complexity index is 256. The summed E-state index contributed by atoms with van der Waals surface area (Å²) >= 11 is 0. The average molecular weight is 196 g/mol. The predicted octanol–water partition coefficient (Wildman–Crippen LogP) is 0.243. The van der Waals surface area contributed by atoms with Gasteiger partial charge in [-0.1, -0.05) is 6.92 Å². The summed E-state index contributed by atoms with van der Waals surface area (Å²) in [5, 5.41) is 4.14.